The molecular weight excluding hydrogens is 226 g/mol. The number of H-pyrrole nitrogens is 1. The van der Waals surface area contributed by atoms with Crippen LogP contribution in [0.2, 0.25) is 0 Å². The van der Waals surface area contributed by atoms with Gasteiger partial charge >= 0.3 is 0 Å². The number of aromatic amines is 1. The van der Waals surface area contributed by atoms with Crippen molar-refractivity contribution in [1.29, 1.82) is 0 Å². The second kappa shape index (κ2) is 4.97. The van der Waals surface area contributed by atoms with Gasteiger partial charge in [0.2, 0.25) is 0 Å². The molecule has 16 heavy (non-hydrogen) atoms. The molecule has 0 aliphatic heterocycles. The van der Waals surface area contributed by atoms with Gasteiger partial charge in [-0.25, -0.2) is 4.98 Å². The molecule has 5 heteroatoms. The molecule has 1 aromatic rings. The van der Waals surface area contributed by atoms with Gasteiger partial charge in [-0.3, -0.25) is 4.79 Å². The van der Waals surface area contributed by atoms with E-state index < -0.39 is 5.54 Å². The van der Waals surface area contributed by atoms with Gasteiger partial charge in [-0.15, -0.1) is 12.4 Å². The van der Waals surface area contributed by atoms with E-state index in [4.69, 9.17) is 5.73 Å². The zero-order valence-corrected chi connectivity index (χ0v) is 10.3. The predicted molar refractivity (Wildman–Crippen MR) is 65.8 cm³/mol. The van der Waals surface area contributed by atoms with Crippen LogP contribution in [0, 0.1) is 0 Å². The fourth-order valence-corrected chi connectivity index (χ4v) is 2.17. The Kier molecular flexibility index (Phi) is 4.10. The van der Waals surface area contributed by atoms with Crippen molar-refractivity contribution in [3.05, 3.63) is 27.9 Å². The number of aryl methyl sites for hydroxylation is 1. The van der Waals surface area contributed by atoms with Crippen LogP contribution >= 0.6 is 12.4 Å². The minimum absolute atomic E-state index is 0. The van der Waals surface area contributed by atoms with Crippen LogP contribution in [0.4, 0.5) is 0 Å². The van der Waals surface area contributed by atoms with Crippen molar-refractivity contribution in [3.8, 4) is 0 Å². The number of halogens is 1. The zero-order valence-electron chi connectivity index (χ0n) is 9.45. The highest BCUT2D eigenvalue weighted by Crippen LogP contribution is 2.33. The Morgan fingerprint density at radius 2 is 2.12 bits per heavy atom. The highest BCUT2D eigenvalue weighted by Gasteiger charge is 2.33. The zero-order chi connectivity index (χ0) is 10.9. The smallest absolute Gasteiger partial charge is 0.251 e. The van der Waals surface area contributed by atoms with Gasteiger partial charge in [-0.05, 0) is 19.3 Å². The second-order valence-corrected chi connectivity index (χ2v) is 4.30. The Labute approximate surface area is 101 Å². The minimum Gasteiger partial charge on any atom is -0.319 e. The standard InChI is InChI=1S/C11H17N3O.ClH/c1-2-8-7-9(15)14-10(13-8)11(12)5-3-4-6-11;/h7H,2-6,12H2,1H3,(H,13,14,15);1H. The van der Waals surface area contributed by atoms with Gasteiger partial charge in [0.15, 0.2) is 0 Å². The van der Waals surface area contributed by atoms with Crippen LogP contribution in [0.1, 0.15) is 44.1 Å². The lowest BCUT2D eigenvalue weighted by Crippen LogP contribution is -2.37. The van der Waals surface area contributed by atoms with Gasteiger partial charge in [-0.1, -0.05) is 19.8 Å². The molecule has 1 heterocycles. The predicted octanol–water partition coefficient (Wildman–Crippen LogP) is 1.48. The molecule has 1 fully saturated rings. The Hall–Kier alpha value is -0.870. The van der Waals surface area contributed by atoms with E-state index in [0.29, 0.717) is 5.82 Å². The molecule has 1 aliphatic carbocycles. The summed E-state index contributed by atoms with van der Waals surface area (Å²) in [7, 11) is 0. The van der Waals surface area contributed by atoms with Crippen LogP contribution in [0.25, 0.3) is 0 Å². The fourth-order valence-electron chi connectivity index (χ4n) is 2.17. The quantitative estimate of drug-likeness (QED) is 0.827. The lowest BCUT2D eigenvalue weighted by Gasteiger charge is -2.22. The molecule has 1 aromatic heterocycles. The average Bonchev–Trinajstić information content (AvgIpc) is 2.65. The van der Waals surface area contributed by atoms with Gasteiger partial charge in [-0.2, -0.15) is 0 Å². The van der Waals surface area contributed by atoms with Gasteiger partial charge in [0, 0.05) is 11.8 Å². The third kappa shape index (κ3) is 2.44. The van der Waals surface area contributed by atoms with Gasteiger partial charge in [0.1, 0.15) is 5.82 Å². The molecule has 0 unspecified atom stereocenters. The first-order valence-electron chi connectivity index (χ1n) is 5.54. The van der Waals surface area contributed by atoms with Crippen molar-refractivity contribution in [2.24, 2.45) is 5.73 Å². The summed E-state index contributed by atoms with van der Waals surface area (Å²) < 4.78 is 0. The number of nitrogens with zero attached hydrogens (tertiary/aromatic N) is 1. The summed E-state index contributed by atoms with van der Waals surface area (Å²) in [6, 6.07) is 1.54. The highest BCUT2D eigenvalue weighted by molar-refractivity contribution is 5.85. The monoisotopic (exact) mass is 243 g/mol. The van der Waals surface area contributed by atoms with Crippen LogP contribution in [0.15, 0.2) is 10.9 Å². The summed E-state index contributed by atoms with van der Waals surface area (Å²) in [5, 5.41) is 0. The molecule has 4 nitrogen and oxygen atoms in total. The minimum atomic E-state index is -0.398. The SMILES string of the molecule is CCc1cc(=O)[nH]c(C2(N)CCCC2)n1.Cl. The number of hydrogen-bond acceptors (Lipinski definition) is 3. The molecule has 0 spiro atoms. The third-order valence-corrected chi connectivity index (χ3v) is 3.12. The largest absolute Gasteiger partial charge is 0.319 e. The fraction of sp³-hybridized carbons (Fsp3) is 0.636. The Bertz CT molecular complexity index is 410. The van der Waals surface area contributed by atoms with Crippen LogP contribution in [-0.2, 0) is 12.0 Å². The van der Waals surface area contributed by atoms with Crippen LogP contribution in [0.5, 0.6) is 0 Å². The van der Waals surface area contributed by atoms with Crippen LogP contribution in [-0.4, -0.2) is 9.97 Å². The molecule has 0 saturated heterocycles. The topological polar surface area (TPSA) is 71.8 Å². The number of nitrogens with two attached hydrogens (primary N) is 1. The normalized spacial score (nSPS) is 18.1. The maximum absolute atomic E-state index is 11.4. The second-order valence-electron chi connectivity index (χ2n) is 4.30. The summed E-state index contributed by atoms with van der Waals surface area (Å²) in [4.78, 5) is 18.6. The van der Waals surface area contributed by atoms with Crippen molar-refractivity contribution in [1.82, 2.24) is 9.97 Å². The van der Waals surface area contributed by atoms with Gasteiger partial charge in [0.25, 0.3) is 5.56 Å². The summed E-state index contributed by atoms with van der Waals surface area (Å²) in [6.07, 6.45) is 4.85. The summed E-state index contributed by atoms with van der Waals surface area (Å²) >= 11 is 0. The Morgan fingerprint density at radius 3 is 2.69 bits per heavy atom. The first-order chi connectivity index (χ1) is 7.14. The lowest BCUT2D eigenvalue weighted by molar-refractivity contribution is 0.428. The number of nitrogens with one attached hydrogen (secondary N) is 1. The molecule has 1 saturated carbocycles. The first-order valence-corrected chi connectivity index (χ1v) is 5.54. The Morgan fingerprint density at radius 1 is 1.50 bits per heavy atom. The number of hydrogen-bond donors (Lipinski definition) is 2. The first kappa shape index (κ1) is 13.2. The maximum Gasteiger partial charge on any atom is 0.251 e. The third-order valence-electron chi connectivity index (χ3n) is 3.12. The van der Waals surface area contributed by atoms with E-state index in [9.17, 15) is 4.79 Å². The number of rotatable bonds is 2. The van der Waals surface area contributed by atoms with Crippen LogP contribution in [0.3, 0.4) is 0 Å². The molecule has 0 atom stereocenters. The molecule has 3 N–H and O–H groups in total. The summed E-state index contributed by atoms with van der Waals surface area (Å²) in [6.45, 7) is 1.99. The molecular formula is C11H18ClN3O. The van der Waals surface area contributed by atoms with Crippen molar-refractivity contribution < 1.29 is 0 Å². The van der Waals surface area contributed by atoms with Crippen LogP contribution < -0.4 is 11.3 Å². The van der Waals surface area contributed by atoms with E-state index in [2.05, 4.69) is 9.97 Å². The molecule has 0 amide bonds. The van der Waals surface area contributed by atoms with Gasteiger partial charge in [0.05, 0.1) is 5.54 Å². The molecule has 0 radical (unpaired) electrons. The summed E-state index contributed by atoms with van der Waals surface area (Å²) in [5.41, 5.74) is 6.58. The number of aromatic nitrogens is 2. The van der Waals surface area contributed by atoms with E-state index in [1.807, 2.05) is 6.92 Å². The maximum atomic E-state index is 11.4. The molecule has 0 bridgehead atoms. The Balaban J connectivity index is 0.00000128. The van der Waals surface area contributed by atoms with Crippen molar-refractivity contribution in [2.75, 3.05) is 0 Å². The average molecular weight is 244 g/mol. The van der Waals surface area contributed by atoms with E-state index >= 15 is 0 Å². The molecule has 0 aromatic carbocycles. The molecule has 2 rings (SSSR count). The van der Waals surface area contributed by atoms with E-state index in [-0.39, 0.29) is 18.0 Å². The van der Waals surface area contributed by atoms with Crippen molar-refractivity contribution in [2.45, 2.75) is 44.6 Å². The van der Waals surface area contributed by atoms with Gasteiger partial charge < -0.3 is 10.7 Å². The molecule has 90 valence electrons. The lowest BCUT2D eigenvalue weighted by atomic mass is 9.98. The van der Waals surface area contributed by atoms with Crippen molar-refractivity contribution in [3.63, 3.8) is 0 Å². The summed E-state index contributed by atoms with van der Waals surface area (Å²) in [5.74, 6) is 0.671. The highest BCUT2D eigenvalue weighted by atomic mass is 35.5. The van der Waals surface area contributed by atoms with E-state index in [0.717, 1.165) is 37.8 Å². The van der Waals surface area contributed by atoms with E-state index in [1.165, 1.54) is 0 Å². The van der Waals surface area contributed by atoms with E-state index in [1.54, 1.807) is 6.07 Å². The molecule has 1 aliphatic rings. The van der Waals surface area contributed by atoms with Crippen molar-refractivity contribution >= 4 is 12.4 Å².